The highest BCUT2D eigenvalue weighted by molar-refractivity contribution is 9.11. The molecular formula is C14H15BrN2O3S. The molecule has 7 heteroatoms. The zero-order valence-electron chi connectivity index (χ0n) is 11.7. The van der Waals surface area contributed by atoms with Crippen LogP contribution in [0.4, 0.5) is 4.79 Å². The Kier molecular flexibility index (Phi) is 3.79. The maximum absolute atomic E-state index is 12.4. The van der Waals surface area contributed by atoms with Gasteiger partial charge in [0.05, 0.1) is 22.5 Å². The fourth-order valence-electron chi connectivity index (χ4n) is 2.60. The van der Waals surface area contributed by atoms with Gasteiger partial charge in [-0.3, -0.25) is 4.90 Å². The number of hydrogen-bond acceptors (Lipinski definition) is 4. The van der Waals surface area contributed by atoms with Crippen LogP contribution in [-0.2, 0) is 9.53 Å². The summed E-state index contributed by atoms with van der Waals surface area (Å²) in [5.41, 5.74) is 1.21. The molecular weight excluding hydrogens is 356 g/mol. The Bertz CT molecular complexity index is 636. The molecule has 2 heterocycles. The first-order valence-electron chi connectivity index (χ1n) is 6.67. The molecule has 1 aliphatic carbocycles. The second-order valence-electron chi connectivity index (χ2n) is 5.12. The van der Waals surface area contributed by atoms with E-state index in [4.69, 9.17) is 4.74 Å². The molecule has 0 aromatic carbocycles. The fourth-order valence-corrected chi connectivity index (χ4v) is 4.09. The summed E-state index contributed by atoms with van der Waals surface area (Å²) in [6.45, 7) is 1.82. The van der Waals surface area contributed by atoms with Crippen molar-refractivity contribution in [1.29, 1.82) is 0 Å². The smallest absolute Gasteiger partial charge is 0.338 e. The summed E-state index contributed by atoms with van der Waals surface area (Å²) in [6.07, 6.45) is 1.96. The highest BCUT2D eigenvalue weighted by Gasteiger charge is 2.42. The molecule has 1 N–H and O–H groups in total. The van der Waals surface area contributed by atoms with E-state index in [1.807, 2.05) is 19.1 Å². The van der Waals surface area contributed by atoms with E-state index in [9.17, 15) is 9.59 Å². The third-order valence-electron chi connectivity index (χ3n) is 3.72. The topological polar surface area (TPSA) is 58.6 Å². The highest BCUT2D eigenvalue weighted by atomic mass is 79.9. The van der Waals surface area contributed by atoms with Crippen molar-refractivity contribution in [3.63, 3.8) is 0 Å². The standard InChI is InChI=1S/C14H15BrN2O3S/c1-7-11(13(18)20-2)12(9-5-6-10(15)21-9)16-14(19)17(7)8-3-4-8/h5-6,8,12H,3-4H2,1-2H3,(H,16,19)/t12-/m0/s1. The maximum atomic E-state index is 12.4. The highest BCUT2D eigenvalue weighted by Crippen LogP contribution is 2.40. The van der Waals surface area contributed by atoms with Gasteiger partial charge in [0.25, 0.3) is 0 Å². The van der Waals surface area contributed by atoms with Crippen molar-refractivity contribution in [2.75, 3.05) is 7.11 Å². The summed E-state index contributed by atoms with van der Waals surface area (Å²) >= 11 is 4.91. The lowest BCUT2D eigenvalue weighted by Gasteiger charge is -2.34. The molecule has 1 aliphatic heterocycles. The number of methoxy groups -OCH3 is 1. The van der Waals surface area contributed by atoms with Gasteiger partial charge in [0.2, 0.25) is 0 Å². The van der Waals surface area contributed by atoms with Crippen LogP contribution in [0.3, 0.4) is 0 Å². The van der Waals surface area contributed by atoms with E-state index in [-0.39, 0.29) is 12.1 Å². The summed E-state index contributed by atoms with van der Waals surface area (Å²) < 4.78 is 5.88. The van der Waals surface area contributed by atoms with Gasteiger partial charge in [-0.2, -0.15) is 0 Å². The predicted molar refractivity (Wildman–Crippen MR) is 82.9 cm³/mol. The maximum Gasteiger partial charge on any atom is 0.338 e. The SMILES string of the molecule is COC(=O)C1=C(C)N(C2CC2)C(=O)N[C@H]1c1ccc(Br)s1. The minimum atomic E-state index is -0.448. The lowest BCUT2D eigenvalue weighted by molar-refractivity contribution is -0.136. The van der Waals surface area contributed by atoms with Gasteiger partial charge < -0.3 is 10.1 Å². The van der Waals surface area contributed by atoms with Gasteiger partial charge in [-0.1, -0.05) is 0 Å². The van der Waals surface area contributed by atoms with Crippen LogP contribution in [0.15, 0.2) is 27.2 Å². The van der Waals surface area contributed by atoms with Crippen LogP contribution in [0, 0.1) is 0 Å². The third-order valence-corrected chi connectivity index (χ3v) is 5.41. The van der Waals surface area contributed by atoms with Crippen LogP contribution >= 0.6 is 27.3 Å². The van der Waals surface area contributed by atoms with E-state index in [2.05, 4.69) is 21.2 Å². The Hall–Kier alpha value is -1.34. The van der Waals surface area contributed by atoms with E-state index in [1.165, 1.54) is 18.4 Å². The number of nitrogens with one attached hydrogen (secondary N) is 1. The number of esters is 1. The molecule has 1 aromatic heterocycles. The number of urea groups is 1. The van der Waals surface area contributed by atoms with Crippen LogP contribution < -0.4 is 5.32 Å². The van der Waals surface area contributed by atoms with Crippen molar-refractivity contribution >= 4 is 39.3 Å². The minimum Gasteiger partial charge on any atom is -0.466 e. The van der Waals surface area contributed by atoms with E-state index < -0.39 is 12.0 Å². The van der Waals surface area contributed by atoms with Gasteiger partial charge >= 0.3 is 12.0 Å². The summed E-state index contributed by atoms with van der Waals surface area (Å²) in [5.74, 6) is -0.396. The van der Waals surface area contributed by atoms with Crippen LogP contribution in [0.25, 0.3) is 0 Å². The van der Waals surface area contributed by atoms with Crippen molar-refractivity contribution < 1.29 is 14.3 Å². The quantitative estimate of drug-likeness (QED) is 0.831. The number of carbonyl (C=O) groups excluding carboxylic acids is 2. The second kappa shape index (κ2) is 5.46. The average molecular weight is 371 g/mol. The van der Waals surface area contributed by atoms with Crippen LogP contribution in [-0.4, -0.2) is 30.1 Å². The van der Waals surface area contributed by atoms with E-state index >= 15 is 0 Å². The number of ether oxygens (including phenoxy) is 1. The van der Waals surface area contributed by atoms with Crippen LogP contribution in [0.2, 0.25) is 0 Å². The number of carbonyl (C=O) groups is 2. The lowest BCUT2D eigenvalue weighted by Crippen LogP contribution is -2.48. The van der Waals surface area contributed by atoms with Gasteiger partial charge in [-0.25, -0.2) is 9.59 Å². The largest absolute Gasteiger partial charge is 0.466 e. The summed E-state index contributed by atoms with van der Waals surface area (Å²) in [4.78, 5) is 27.1. The lowest BCUT2D eigenvalue weighted by atomic mass is 10.0. The molecule has 0 radical (unpaired) electrons. The van der Waals surface area contributed by atoms with Crippen molar-refractivity contribution in [2.24, 2.45) is 0 Å². The summed E-state index contributed by atoms with van der Waals surface area (Å²) in [6, 6.07) is 3.43. The Balaban J connectivity index is 2.06. The first kappa shape index (κ1) is 14.6. The molecule has 0 saturated heterocycles. The average Bonchev–Trinajstić information content (AvgIpc) is 3.18. The predicted octanol–water partition coefficient (Wildman–Crippen LogP) is 3.19. The molecule has 21 heavy (non-hydrogen) atoms. The fraction of sp³-hybridized carbons (Fsp3) is 0.429. The van der Waals surface area contributed by atoms with Gasteiger partial charge in [0.1, 0.15) is 0 Å². The summed E-state index contributed by atoms with van der Waals surface area (Å²) in [7, 11) is 1.36. The third kappa shape index (κ3) is 2.60. The second-order valence-corrected chi connectivity index (χ2v) is 7.61. The molecule has 2 aliphatic rings. The van der Waals surface area contributed by atoms with E-state index in [0.717, 1.165) is 21.5 Å². The zero-order chi connectivity index (χ0) is 15.1. The van der Waals surface area contributed by atoms with E-state index in [0.29, 0.717) is 11.3 Å². The number of halogens is 1. The molecule has 5 nitrogen and oxygen atoms in total. The monoisotopic (exact) mass is 370 g/mol. The Labute approximate surface area is 135 Å². The van der Waals surface area contributed by atoms with Crippen molar-refractivity contribution in [3.8, 4) is 0 Å². The first-order chi connectivity index (χ1) is 10.0. The number of nitrogens with zero attached hydrogens (tertiary/aromatic N) is 1. The zero-order valence-corrected chi connectivity index (χ0v) is 14.1. The number of thiophene rings is 1. The number of hydrogen-bond donors (Lipinski definition) is 1. The molecule has 1 fully saturated rings. The molecule has 0 unspecified atom stereocenters. The molecule has 112 valence electrons. The Morgan fingerprint density at radius 1 is 1.48 bits per heavy atom. The number of rotatable bonds is 3. The summed E-state index contributed by atoms with van der Waals surface area (Å²) in [5, 5.41) is 2.93. The minimum absolute atomic E-state index is 0.142. The first-order valence-corrected chi connectivity index (χ1v) is 8.28. The molecule has 0 spiro atoms. The molecule has 0 bridgehead atoms. The van der Waals surface area contributed by atoms with Crippen molar-refractivity contribution in [1.82, 2.24) is 10.2 Å². The van der Waals surface area contributed by atoms with Gasteiger partial charge in [-0.15, -0.1) is 11.3 Å². The molecule has 3 rings (SSSR count). The van der Waals surface area contributed by atoms with Crippen molar-refractivity contribution in [2.45, 2.75) is 31.8 Å². The van der Waals surface area contributed by atoms with Gasteiger partial charge in [-0.05, 0) is 47.8 Å². The Morgan fingerprint density at radius 2 is 2.19 bits per heavy atom. The molecule has 1 atom stereocenters. The molecule has 2 amide bonds. The normalized spacial score (nSPS) is 22.3. The van der Waals surface area contributed by atoms with Gasteiger partial charge in [0, 0.05) is 16.6 Å². The van der Waals surface area contributed by atoms with Crippen LogP contribution in [0.1, 0.15) is 30.7 Å². The number of amides is 2. The Morgan fingerprint density at radius 3 is 2.71 bits per heavy atom. The molecule has 1 saturated carbocycles. The van der Waals surface area contributed by atoms with Crippen molar-refractivity contribution in [3.05, 3.63) is 32.1 Å². The molecule has 1 aromatic rings. The van der Waals surface area contributed by atoms with Crippen LogP contribution in [0.5, 0.6) is 0 Å². The van der Waals surface area contributed by atoms with Gasteiger partial charge in [0.15, 0.2) is 0 Å². The van der Waals surface area contributed by atoms with E-state index in [1.54, 1.807) is 4.90 Å². The number of allylic oxidation sites excluding steroid dienone is 1.